The van der Waals surface area contributed by atoms with Crippen molar-refractivity contribution in [2.75, 3.05) is 5.32 Å². The fourth-order valence-electron chi connectivity index (χ4n) is 1.91. The summed E-state index contributed by atoms with van der Waals surface area (Å²) in [6.45, 7) is 0.791. The molecular weight excluding hydrogens is 276 g/mol. The highest BCUT2D eigenvalue weighted by molar-refractivity contribution is 6.06. The fraction of sp³-hybridized carbons (Fsp3) is 0.188. The number of hydrogen-bond acceptors (Lipinski definition) is 2. The Morgan fingerprint density at radius 1 is 1.14 bits per heavy atom. The van der Waals surface area contributed by atoms with Crippen LogP contribution in [0.25, 0.3) is 0 Å². The van der Waals surface area contributed by atoms with Gasteiger partial charge in [-0.05, 0) is 43.2 Å². The van der Waals surface area contributed by atoms with Gasteiger partial charge in [-0.3, -0.25) is 4.79 Å². The van der Waals surface area contributed by atoms with Gasteiger partial charge in [-0.25, -0.2) is 0 Å². The van der Waals surface area contributed by atoms with Gasteiger partial charge in [0.1, 0.15) is 5.75 Å². The lowest BCUT2D eigenvalue weighted by molar-refractivity contribution is -0.0501. The molecule has 0 aliphatic heterocycles. The van der Waals surface area contributed by atoms with Crippen molar-refractivity contribution in [2.24, 2.45) is 0 Å². The van der Waals surface area contributed by atoms with Gasteiger partial charge in [-0.2, -0.15) is 8.78 Å². The van der Waals surface area contributed by atoms with Crippen LogP contribution in [0.5, 0.6) is 5.75 Å². The topological polar surface area (TPSA) is 38.3 Å². The first-order valence-corrected chi connectivity index (χ1v) is 6.40. The molecule has 0 radical (unpaired) electrons. The number of carbonyl (C=O) groups excluding carboxylic acids is 1. The molecule has 0 saturated carbocycles. The van der Waals surface area contributed by atoms with E-state index < -0.39 is 12.5 Å². The molecule has 0 atom stereocenters. The molecule has 2 rings (SSSR count). The van der Waals surface area contributed by atoms with Crippen molar-refractivity contribution < 1.29 is 18.3 Å². The highest BCUT2D eigenvalue weighted by Gasteiger charge is 2.16. The highest BCUT2D eigenvalue weighted by Crippen LogP contribution is 2.23. The molecule has 5 heteroatoms. The maximum absolute atomic E-state index is 12.4. The average molecular weight is 291 g/mol. The van der Waals surface area contributed by atoms with Crippen molar-refractivity contribution in [3.63, 3.8) is 0 Å². The van der Waals surface area contributed by atoms with E-state index in [2.05, 4.69) is 10.1 Å². The number of rotatable bonds is 4. The van der Waals surface area contributed by atoms with E-state index in [1.54, 1.807) is 6.07 Å². The maximum atomic E-state index is 12.4. The van der Waals surface area contributed by atoms with Crippen LogP contribution in [0.15, 0.2) is 42.5 Å². The normalized spacial score (nSPS) is 10.5. The SMILES string of the molecule is Cc1ccc(C)c(NC(=O)c2ccccc2OC(F)F)c1. The van der Waals surface area contributed by atoms with Gasteiger partial charge in [-0.1, -0.05) is 24.3 Å². The minimum Gasteiger partial charge on any atom is -0.434 e. The van der Waals surface area contributed by atoms with Crippen LogP contribution < -0.4 is 10.1 Å². The monoisotopic (exact) mass is 291 g/mol. The predicted octanol–water partition coefficient (Wildman–Crippen LogP) is 4.16. The number of benzene rings is 2. The Morgan fingerprint density at radius 3 is 2.57 bits per heavy atom. The fourth-order valence-corrected chi connectivity index (χ4v) is 1.91. The van der Waals surface area contributed by atoms with Gasteiger partial charge in [0.2, 0.25) is 0 Å². The summed E-state index contributed by atoms with van der Waals surface area (Å²) in [4.78, 5) is 12.2. The summed E-state index contributed by atoms with van der Waals surface area (Å²) in [5.74, 6) is -0.629. The maximum Gasteiger partial charge on any atom is 0.387 e. The molecule has 0 unspecified atom stereocenters. The lowest BCUT2D eigenvalue weighted by Crippen LogP contribution is -2.15. The van der Waals surface area contributed by atoms with E-state index in [0.717, 1.165) is 11.1 Å². The molecule has 0 spiro atoms. The quantitative estimate of drug-likeness (QED) is 0.918. The number of nitrogens with one attached hydrogen (secondary N) is 1. The Labute approximate surface area is 121 Å². The van der Waals surface area contributed by atoms with Crippen molar-refractivity contribution in [2.45, 2.75) is 20.5 Å². The van der Waals surface area contributed by atoms with E-state index in [0.29, 0.717) is 5.69 Å². The number of alkyl halides is 2. The van der Waals surface area contributed by atoms with Gasteiger partial charge in [0.05, 0.1) is 5.56 Å². The summed E-state index contributed by atoms with van der Waals surface area (Å²) in [6, 6.07) is 11.5. The summed E-state index contributed by atoms with van der Waals surface area (Å²) in [6.07, 6.45) is 0. The molecule has 0 fully saturated rings. The molecule has 2 aromatic rings. The zero-order valence-corrected chi connectivity index (χ0v) is 11.7. The van der Waals surface area contributed by atoms with Crippen molar-refractivity contribution >= 4 is 11.6 Å². The molecule has 0 aromatic heterocycles. The van der Waals surface area contributed by atoms with Crippen LogP contribution in [-0.4, -0.2) is 12.5 Å². The third kappa shape index (κ3) is 3.78. The van der Waals surface area contributed by atoms with Crippen molar-refractivity contribution in [3.05, 3.63) is 59.2 Å². The number of halogens is 2. The molecule has 110 valence electrons. The Morgan fingerprint density at radius 2 is 1.86 bits per heavy atom. The predicted molar refractivity (Wildman–Crippen MR) is 76.9 cm³/mol. The van der Waals surface area contributed by atoms with Gasteiger partial charge in [0.25, 0.3) is 5.91 Å². The number of anilines is 1. The molecule has 0 heterocycles. The minimum atomic E-state index is -2.97. The third-order valence-corrected chi connectivity index (χ3v) is 2.99. The Bertz CT molecular complexity index is 656. The number of ether oxygens (including phenoxy) is 1. The molecule has 1 N–H and O–H groups in total. The third-order valence-electron chi connectivity index (χ3n) is 2.99. The molecule has 0 aliphatic carbocycles. The van der Waals surface area contributed by atoms with Gasteiger partial charge in [0, 0.05) is 5.69 Å². The Kier molecular flexibility index (Phi) is 4.52. The van der Waals surface area contributed by atoms with Crippen LogP contribution in [0, 0.1) is 13.8 Å². The zero-order chi connectivity index (χ0) is 15.4. The summed E-state index contributed by atoms with van der Waals surface area (Å²) in [7, 11) is 0. The van der Waals surface area contributed by atoms with Gasteiger partial charge in [0.15, 0.2) is 0 Å². The molecule has 1 amide bonds. The number of aryl methyl sites for hydroxylation is 2. The first-order valence-electron chi connectivity index (χ1n) is 6.40. The van der Waals surface area contributed by atoms with Crippen LogP contribution >= 0.6 is 0 Å². The molecule has 0 aliphatic rings. The second-order valence-electron chi connectivity index (χ2n) is 4.65. The number of amides is 1. The first kappa shape index (κ1) is 15.0. The van der Waals surface area contributed by atoms with E-state index in [4.69, 9.17) is 0 Å². The molecule has 3 nitrogen and oxygen atoms in total. The second-order valence-corrected chi connectivity index (χ2v) is 4.65. The number of para-hydroxylation sites is 1. The van der Waals surface area contributed by atoms with Crippen LogP contribution in [0.1, 0.15) is 21.5 Å². The number of carbonyl (C=O) groups is 1. The Balaban J connectivity index is 2.26. The summed E-state index contributed by atoms with van der Waals surface area (Å²) in [5, 5.41) is 2.72. The summed E-state index contributed by atoms with van der Waals surface area (Å²) >= 11 is 0. The summed E-state index contributed by atoms with van der Waals surface area (Å²) in [5.41, 5.74) is 2.60. The van der Waals surface area contributed by atoms with Gasteiger partial charge < -0.3 is 10.1 Å². The molecule has 2 aromatic carbocycles. The Hall–Kier alpha value is -2.43. The molecule has 0 saturated heterocycles. The second kappa shape index (κ2) is 6.35. The van der Waals surface area contributed by atoms with E-state index in [1.807, 2.05) is 32.0 Å². The van der Waals surface area contributed by atoms with Crippen molar-refractivity contribution in [1.29, 1.82) is 0 Å². The molecule has 0 bridgehead atoms. The van der Waals surface area contributed by atoms with E-state index in [9.17, 15) is 13.6 Å². The van der Waals surface area contributed by atoms with Crippen molar-refractivity contribution in [3.8, 4) is 5.75 Å². The van der Waals surface area contributed by atoms with Crippen molar-refractivity contribution in [1.82, 2.24) is 0 Å². The van der Waals surface area contributed by atoms with E-state index >= 15 is 0 Å². The standard InChI is InChI=1S/C16H15F2NO2/c1-10-7-8-11(2)13(9-10)19-15(20)12-5-3-4-6-14(12)21-16(17)18/h3-9,16H,1-2H3,(H,19,20). The van der Waals surface area contributed by atoms with Crippen LogP contribution in [-0.2, 0) is 0 Å². The van der Waals surface area contributed by atoms with Crippen LogP contribution in [0.4, 0.5) is 14.5 Å². The largest absolute Gasteiger partial charge is 0.434 e. The number of hydrogen-bond donors (Lipinski definition) is 1. The lowest BCUT2D eigenvalue weighted by atomic mass is 10.1. The van der Waals surface area contributed by atoms with Gasteiger partial charge in [-0.15, -0.1) is 0 Å². The lowest BCUT2D eigenvalue weighted by Gasteiger charge is -2.12. The smallest absolute Gasteiger partial charge is 0.387 e. The summed E-state index contributed by atoms with van der Waals surface area (Å²) < 4.78 is 29.1. The van der Waals surface area contributed by atoms with E-state index in [1.165, 1.54) is 18.2 Å². The highest BCUT2D eigenvalue weighted by atomic mass is 19.3. The first-order chi connectivity index (χ1) is 9.97. The molecule has 21 heavy (non-hydrogen) atoms. The van der Waals surface area contributed by atoms with Gasteiger partial charge >= 0.3 is 6.61 Å². The molecular formula is C16H15F2NO2. The average Bonchev–Trinajstić information content (AvgIpc) is 2.42. The zero-order valence-electron chi connectivity index (χ0n) is 11.7. The minimum absolute atomic E-state index is 0.0682. The van der Waals surface area contributed by atoms with Crippen LogP contribution in [0.3, 0.4) is 0 Å². The van der Waals surface area contributed by atoms with Crippen LogP contribution in [0.2, 0.25) is 0 Å². The van der Waals surface area contributed by atoms with E-state index in [-0.39, 0.29) is 11.3 Å².